The van der Waals surface area contributed by atoms with Gasteiger partial charge < -0.3 is 15.2 Å². The van der Waals surface area contributed by atoms with Gasteiger partial charge in [0.2, 0.25) is 5.88 Å². The Morgan fingerprint density at radius 1 is 1.47 bits per heavy atom. The molecule has 0 radical (unpaired) electrons. The van der Waals surface area contributed by atoms with E-state index in [-0.39, 0.29) is 5.84 Å². The highest BCUT2D eigenvalue weighted by atomic mass is 16.5. The maximum Gasteiger partial charge on any atom is 0.214 e. The minimum atomic E-state index is 0.0112. The van der Waals surface area contributed by atoms with Gasteiger partial charge in [0.05, 0.1) is 6.61 Å². The number of aromatic nitrogens is 1. The molecule has 1 aromatic rings. The molecular weight excluding hydrogens is 194 g/mol. The molecule has 0 atom stereocenters. The van der Waals surface area contributed by atoms with E-state index in [0.717, 1.165) is 5.69 Å². The van der Waals surface area contributed by atoms with Gasteiger partial charge in [-0.25, -0.2) is 4.98 Å². The summed E-state index contributed by atoms with van der Waals surface area (Å²) < 4.78 is 10.2. The van der Waals surface area contributed by atoms with Crippen molar-refractivity contribution in [3.8, 4) is 5.88 Å². The van der Waals surface area contributed by atoms with Crippen LogP contribution in [0, 0.1) is 12.3 Å². The van der Waals surface area contributed by atoms with E-state index >= 15 is 0 Å². The van der Waals surface area contributed by atoms with Crippen LogP contribution in [0.2, 0.25) is 0 Å². The molecule has 0 saturated heterocycles. The van der Waals surface area contributed by atoms with E-state index in [4.69, 9.17) is 20.6 Å². The van der Waals surface area contributed by atoms with Crippen molar-refractivity contribution in [3.63, 3.8) is 0 Å². The summed E-state index contributed by atoms with van der Waals surface area (Å²) in [6.45, 7) is 2.77. The number of aryl methyl sites for hydroxylation is 1. The molecule has 82 valence electrons. The fourth-order valence-electron chi connectivity index (χ4n) is 1.10. The van der Waals surface area contributed by atoms with Crippen LogP contribution in [0.25, 0.3) is 0 Å². The maximum atomic E-state index is 7.31. The molecule has 1 aromatic heterocycles. The number of nitrogen functional groups attached to an aromatic ring is 1. The third-order valence-corrected chi connectivity index (χ3v) is 1.78. The molecule has 1 heterocycles. The molecule has 0 fully saturated rings. The topological polar surface area (TPSA) is 81.2 Å². The second kappa shape index (κ2) is 5.31. The van der Waals surface area contributed by atoms with Gasteiger partial charge in [-0.05, 0) is 13.0 Å². The Morgan fingerprint density at radius 2 is 2.20 bits per heavy atom. The van der Waals surface area contributed by atoms with Gasteiger partial charge >= 0.3 is 0 Å². The quantitative estimate of drug-likeness (QED) is 0.425. The van der Waals surface area contributed by atoms with Gasteiger partial charge in [0.1, 0.15) is 12.4 Å². The number of rotatable bonds is 5. The van der Waals surface area contributed by atoms with Gasteiger partial charge in [0.25, 0.3) is 0 Å². The molecule has 15 heavy (non-hydrogen) atoms. The first-order valence-corrected chi connectivity index (χ1v) is 4.58. The van der Waals surface area contributed by atoms with Gasteiger partial charge in [-0.1, -0.05) is 0 Å². The highest BCUT2D eigenvalue weighted by Crippen LogP contribution is 2.11. The van der Waals surface area contributed by atoms with E-state index in [1.165, 1.54) is 0 Å². The lowest BCUT2D eigenvalue weighted by atomic mass is 10.2. The number of pyridine rings is 1. The lowest BCUT2D eigenvalue weighted by molar-refractivity contribution is 0.143. The first-order chi connectivity index (χ1) is 7.13. The maximum absolute atomic E-state index is 7.31. The molecule has 0 amide bonds. The number of ether oxygens (including phenoxy) is 2. The third-order valence-electron chi connectivity index (χ3n) is 1.78. The zero-order valence-electron chi connectivity index (χ0n) is 8.91. The predicted molar refractivity (Wildman–Crippen MR) is 57.4 cm³/mol. The van der Waals surface area contributed by atoms with Gasteiger partial charge in [0.15, 0.2) is 0 Å². The number of methoxy groups -OCH3 is 1. The minimum absolute atomic E-state index is 0.0112. The zero-order chi connectivity index (χ0) is 11.3. The van der Waals surface area contributed by atoms with Crippen LogP contribution in [0.1, 0.15) is 11.3 Å². The number of nitrogens with two attached hydrogens (primary N) is 1. The standard InChI is InChI=1S/C10H15N3O2/c1-7-5-8(10(11)12)6-9(13-7)15-4-3-14-2/h5-6H,3-4H2,1-2H3,(H3,11,12). The van der Waals surface area contributed by atoms with Crippen molar-refractivity contribution < 1.29 is 9.47 Å². The molecule has 0 spiro atoms. The molecule has 0 aliphatic heterocycles. The monoisotopic (exact) mass is 209 g/mol. The van der Waals surface area contributed by atoms with Crippen LogP contribution in [0.3, 0.4) is 0 Å². The lowest BCUT2D eigenvalue weighted by Gasteiger charge is -2.07. The van der Waals surface area contributed by atoms with E-state index in [1.54, 1.807) is 19.2 Å². The average Bonchev–Trinajstić information content (AvgIpc) is 2.17. The van der Waals surface area contributed by atoms with Crippen molar-refractivity contribution in [1.82, 2.24) is 4.98 Å². The predicted octanol–water partition coefficient (Wildman–Crippen LogP) is 0.699. The number of hydrogen-bond acceptors (Lipinski definition) is 4. The number of hydrogen-bond donors (Lipinski definition) is 2. The Labute approximate surface area is 88.7 Å². The zero-order valence-corrected chi connectivity index (χ0v) is 8.91. The van der Waals surface area contributed by atoms with Crippen LogP contribution in [-0.4, -0.2) is 31.1 Å². The molecule has 0 aliphatic rings. The average molecular weight is 209 g/mol. The Kier molecular flexibility index (Phi) is 4.05. The first kappa shape index (κ1) is 11.5. The molecule has 5 heteroatoms. The van der Waals surface area contributed by atoms with Crippen LogP contribution in [-0.2, 0) is 4.74 Å². The Bertz CT molecular complexity index is 353. The molecule has 0 saturated carbocycles. The Morgan fingerprint density at radius 3 is 2.80 bits per heavy atom. The molecule has 0 aliphatic carbocycles. The van der Waals surface area contributed by atoms with Crippen molar-refractivity contribution in [2.24, 2.45) is 5.73 Å². The number of nitrogens with zero attached hydrogens (tertiary/aromatic N) is 1. The molecule has 1 rings (SSSR count). The molecular formula is C10H15N3O2. The summed E-state index contributed by atoms with van der Waals surface area (Å²) in [5, 5.41) is 7.31. The van der Waals surface area contributed by atoms with E-state index in [1.807, 2.05) is 6.92 Å². The summed E-state index contributed by atoms with van der Waals surface area (Å²) in [6, 6.07) is 3.39. The second-order valence-electron chi connectivity index (χ2n) is 3.09. The Balaban J connectivity index is 2.75. The SMILES string of the molecule is COCCOc1cc(C(=N)N)cc(C)n1. The summed E-state index contributed by atoms with van der Waals surface area (Å²) in [5.74, 6) is 0.481. The largest absolute Gasteiger partial charge is 0.475 e. The smallest absolute Gasteiger partial charge is 0.214 e. The van der Waals surface area contributed by atoms with Crippen molar-refractivity contribution in [1.29, 1.82) is 5.41 Å². The summed E-state index contributed by atoms with van der Waals surface area (Å²) in [5.41, 5.74) is 6.78. The molecule has 0 aromatic carbocycles. The van der Waals surface area contributed by atoms with Crippen molar-refractivity contribution in [3.05, 3.63) is 23.4 Å². The fourth-order valence-corrected chi connectivity index (χ4v) is 1.10. The highest BCUT2D eigenvalue weighted by Gasteiger charge is 2.03. The number of amidine groups is 1. The van der Waals surface area contributed by atoms with Gasteiger partial charge in [0, 0.05) is 24.4 Å². The third kappa shape index (κ3) is 3.55. The fraction of sp³-hybridized carbons (Fsp3) is 0.400. The van der Waals surface area contributed by atoms with Crippen molar-refractivity contribution >= 4 is 5.84 Å². The van der Waals surface area contributed by atoms with Crippen LogP contribution < -0.4 is 10.5 Å². The number of nitrogens with one attached hydrogen (secondary N) is 1. The molecule has 0 bridgehead atoms. The minimum Gasteiger partial charge on any atom is -0.475 e. The van der Waals surface area contributed by atoms with E-state index < -0.39 is 0 Å². The molecule has 3 N–H and O–H groups in total. The van der Waals surface area contributed by atoms with E-state index in [9.17, 15) is 0 Å². The second-order valence-corrected chi connectivity index (χ2v) is 3.09. The molecule has 5 nitrogen and oxygen atoms in total. The molecule has 0 unspecified atom stereocenters. The lowest BCUT2D eigenvalue weighted by Crippen LogP contribution is -2.13. The van der Waals surface area contributed by atoms with Crippen LogP contribution in [0.5, 0.6) is 5.88 Å². The van der Waals surface area contributed by atoms with Gasteiger partial charge in [-0.3, -0.25) is 5.41 Å². The summed E-state index contributed by atoms with van der Waals surface area (Å²) >= 11 is 0. The van der Waals surface area contributed by atoms with Crippen LogP contribution in [0.4, 0.5) is 0 Å². The first-order valence-electron chi connectivity index (χ1n) is 4.58. The summed E-state index contributed by atoms with van der Waals surface area (Å²) in [4.78, 5) is 4.16. The van der Waals surface area contributed by atoms with Crippen molar-refractivity contribution in [2.45, 2.75) is 6.92 Å². The highest BCUT2D eigenvalue weighted by molar-refractivity contribution is 5.95. The summed E-state index contributed by atoms with van der Waals surface area (Å²) in [7, 11) is 1.61. The van der Waals surface area contributed by atoms with Crippen molar-refractivity contribution in [2.75, 3.05) is 20.3 Å². The normalized spacial score (nSPS) is 10.0. The summed E-state index contributed by atoms with van der Waals surface area (Å²) in [6.07, 6.45) is 0. The van der Waals surface area contributed by atoms with Gasteiger partial charge in [-0.2, -0.15) is 0 Å². The van der Waals surface area contributed by atoms with Crippen LogP contribution >= 0.6 is 0 Å². The van der Waals surface area contributed by atoms with E-state index in [0.29, 0.717) is 24.7 Å². The Hall–Kier alpha value is -1.62. The van der Waals surface area contributed by atoms with Crippen LogP contribution in [0.15, 0.2) is 12.1 Å². The van der Waals surface area contributed by atoms with Gasteiger partial charge in [-0.15, -0.1) is 0 Å². The van der Waals surface area contributed by atoms with E-state index in [2.05, 4.69) is 4.98 Å².